The lowest BCUT2D eigenvalue weighted by atomic mass is 9.79. The fourth-order valence-electron chi connectivity index (χ4n) is 4.36. The third kappa shape index (κ3) is 4.14. The number of aliphatic imine (C=N–C) groups is 1. The van der Waals surface area contributed by atoms with Gasteiger partial charge in [-0.15, -0.1) is 0 Å². The Morgan fingerprint density at radius 2 is 2.00 bits per heavy atom. The van der Waals surface area contributed by atoms with Crippen LogP contribution in [0.15, 0.2) is 17.1 Å². The van der Waals surface area contributed by atoms with Crippen LogP contribution in [-0.4, -0.2) is 36.0 Å². The van der Waals surface area contributed by atoms with Crippen molar-refractivity contribution in [2.24, 2.45) is 16.6 Å². The van der Waals surface area contributed by atoms with Gasteiger partial charge in [0.1, 0.15) is 12.4 Å². The molecule has 28 heavy (non-hydrogen) atoms. The van der Waals surface area contributed by atoms with Gasteiger partial charge in [-0.2, -0.15) is 0 Å². The van der Waals surface area contributed by atoms with Gasteiger partial charge in [0.15, 0.2) is 11.5 Å². The van der Waals surface area contributed by atoms with Crippen LogP contribution in [0.5, 0.6) is 5.75 Å². The van der Waals surface area contributed by atoms with E-state index in [0.717, 1.165) is 34.7 Å². The minimum Gasteiger partial charge on any atom is -0.490 e. The van der Waals surface area contributed by atoms with Gasteiger partial charge in [0.05, 0.1) is 0 Å². The maximum absolute atomic E-state index is 13.1. The molecule has 0 saturated heterocycles. The van der Waals surface area contributed by atoms with Gasteiger partial charge >= 0.3 is 0 Å². The van der Waals surface area contributed by atoms with Gasteiger partial charge < -0.3 is 10.5 Å². The number of benzene rings is 1. The van der Waals surface area contributed by atoms with Crippen molar-refractivity contribution in [3.63, 3.8) is 0 Å². The van der Waals surface area contributed by atoms with E-state index >= 15 is 0 Å². The van der Waals surface area contributed by atoms with Crippen molar-refractivity contribution in [3.05, 3.63) is 28.3 Å². The average Bonchev–Trinajstić information content (AvgIpc) is 2.87. The number of likely N-dealkylation sites (N-methyl/N-ethyl adjacent to an activating group) is 1. The molecule has 0 aromatic heterocycles. The number of hydrogen-bond donors (Lipinski definition) is 1. The second-order valence-electron chi connectivity index (χ2n) is 8.66. The fourth-order valence-corrected chi connectivity index (χ4v) is 4.53. The molecule has 2 N–H and O–H groups in total. The van der Waals surface area contributed by atoms with Crippen molar-refractivity contribution in [1.29, 1.82) is 0 Å². The molecule has 1 amide bonds. The van der Waals surface area contributed by atoms with Crippen molar-refractivity contribution in [2.75, 3.05) is 13.7 Å². The number of hydrogen-bond acceptors (Lipinski definition) is 4. The van der Waals surface area contributed by atoms with Crippen LogP contribution in [0.2, 0.25) is 5.02 Å². The molecule has 1 saturated carbocycles. The summed E-state index contributed by atoms with van der Waals surface area (Å²) in [6, 6.07) is 3.92. The summed E-state index contributed by atoms with van der Waals surface area (Å²) in [5, 5.41) is 0.729. The number of carbonyl (C=O) groups is 1. The maximum Gasteiger partial charge on any atom is 0.260 e. The Bertz CT molecular complexity index is 771. The molecule has 1 aromatic rings. The Morgan fingerprint density at radius 3 is 2.57 bits per heavy atom. The maximum atomic E-state index is 13.1. The molecule has 2 aliphatic rings. The second kappa shape index (κ2) is 8.32. The van der Waals surface area contributed by atoms with Crippen molar-refractivity contribution in [2.45, 2.75) is 70.8 Å². The van der Waals surface area contributed by atoms with E-state index in [1.165, 1.54) is 24.2 Å². The summed E-state index contributed by atoms with van der Waals surface area (Å²) in [5.41, 5.74) is 7.09. The number of halogens is 1. The monoisotopic (exact) mass is 405 g/mol. The highest BCUT2D eigenvalue weighted by Crippen LogP contribution is 2.37. The van der Waals surface area contributed by atoms with Gasteiger partial charge in [-0.25, -0.2) is 4.99 Å². The number of aryl methyl sites for hydroxylation is 1. The molecule has 0 radical (unpaired) electrons. The van der Waals surface area contributed by atoms with Gasteiger partial charge in [0, 0.05) is 12.1 Å². The molecule has 154 valence electrons. The quantitative estimate of drug-likeness (QED) is 0.749. The number of ether oxygens (including phenoxy) is 1. The molecular formula is C22H32ClN3O2. The minimum atomic E-state index is -0.928. The second-order valence-corrected chi connectivity index (χ2v) is 9.06. The predicted molar refractivity (Wildman–Crippen MR) is 114 cm³/mol. The van der Waals surface area contributed by atoms with Gasteiger partial charge in [-0.3, -0.25) is 9.69 Å². The number of amides is 1. The molecule has 1 fully saturated rings. The number of nitrogens with two attached hydrogens (primary N) is 1. The zero-order chi connectivity index (χ0) is 20.5. The number of nitrogens with zero attached hydrogens (tertiary/aromatic N) is 2. The Balaban J connectivity index is 1.87. The summed E-state index contributed by atoms with van der Waals surface area (Å²) in [6.07, 6.45) is 6.70. The first-order chi connectivity index (χ1) is 13.2. The molecule has 5 nitrogen and oxygen atoms in total. The standard InChI is InChI=1S/C22H32ClN3O2/c1-14(2)17-11-18(23)15(3)10-19(17)28-13-22(12-16-8-6-5-7-9-16)20(27)26(4)21(24)25-22/h10-11,14,16H,5-9,12-13H2,1-4H3,(H2,24,25). The van der Waals surface area contributed by atoms with Crippen LogP contribution in [0.1, 0.15) is 69.4 Å². The largest absolute Gasteiger partial charge is 0.490 e. The van der Waals surface area contributed by atoms with Crippen LogP contribution in [0.4, 0.5) is 0 Å². The number of rotatable bonds is 6. The minimum absolute atomic E-state index is 0.0626. The molecule has 1 aliphatic carbocycles. The third-order valence-electron chi connectivity index (χ3n) is 6.11. The van der Waals surface area contributed by atoms with Crippen molar-refractivity contribution < 1.29 is 9.53 Å². The number of guanidine groups is 1. The predicted octanol–water partition coefficient (Wildman–Crippen LogP) is 4.65. The summed E-state index contributed by atoms with van der Waals surface area (Å²) in [7, 11) is 1.69. The Labute approximate surface area is 173 Å². The lowest BCUT2D eigenvalue weighted by molar-refractivity contribution is -0.132. The van der Waals surface area contributed by atoms with E-state index in [9.17, 15) is 4.79 Å². The zero-order valence-corrected chi connectivity index (χ0v) is 18.2. The van der Waals surface area contributed by atoms with E-state index in [1.807, 2.05) is 19.1 Å². The molecule has 1 heterocycles. The highest BCUT2D eigenvalue weighted by atomic mass is 35.5. The highest BCUT2D eigenvalue weighted by molar-refractivity contribution is 6.31. The first kappa shape index (κ1) is 21.0. The Kier molecular flexibility index (Phi) is 6.23. The van der Waals surface area contributed by atoms with Crippen LogP contribution >= 0.6 is 11.6 Å². The molecule has 0 spiro atoms. The molecule has 6 heteroatoms. The third-order valence-corrected chi connectivity index (χ3v) is 6.51. The van der Waals surface area contributed by atoms with Crippen LogP contribution < -0.4 is 10.5 Å². The first-order valence-electron chi connectivity index (χ1n) is 10.3. The summed E-state index contributed by atoms with van der Waals surface area (Å²) < 4.78 is 6.26. The molecule has 1 aromatic carbocycles. The molecule has 3 rings (SSSR count). The lowest BCUT2D eigenvalue weighted by Gasteiger charge is -2.31. The zero-order valence-electron chi connectivity index (χ0n) is 17.4. The van der Waals surface area contributed by atoms with Gasteiger partial charge in [-0.05, 0) is 48.4 Å². The van der Waals surface area contributed by atoms with E-state index in [2.05, 4.69) is 18.8 Å². The van der Waals surface area contributed by atoms with E-state index < -0.39 is 5.54 Å². The van der Waals surface area contributed by atoms with E-state index in [4.69, 9.17) is 22.1 Å². The van der Waals surface area contributed by atoms with Crippen molar-refractivity contribution >= 4 is 23.5 Å². The molecule has 1 aliphatic heterocycles. The summed E-state index contributed by atoms with van der Waals surface area (Å²) in [4.78, 5) is 19.2. The molecule has 0 bridgehead atoms. The van der Waals surface area contributed by atoms with Crippen molar-refractivity contribution in [1.82, 2.24) is 4.90 Å². The smallest absolute Gasteiger partial charge is 0.260 e. The number of carbonyl (C=O) groups excluding carboxylic acids is 1. The Hall–Kier alpha value is -1.75. The van der Waals surface area contributed by atoms with Gasteiger partial charge in [0.2, 0.25) is 0 Å². The summed E-state index contributed by atoms with van der Waals surface area (Å²) in [6.45, 7) is 6.38. The van der Waals surface area contributed by atoms with Gasteiger partial charge in [0.25, 0.3) is 5.91 Å². The molecular weight excluding hydrogens is 374 g/mol. The SMILES string of the molecule is Cc1cc(OCC2(CC3CCCCC3)N=C(N)N(C)C2=O)c(C(C)C)cc1Cl. The average molecular weight is 406 g/mol. The first-order valence-corrected chi connectivity index (χ1v) is 10.7. The van der Waals surface area contributed by atoms with E-state index in [0.29, 0.717) is 12.3 Å². The molecule has 1 atom stereocenters. The van der Waals surface area contributed by atoms with E-state index in [-0.39, 0.29) is 24.4 Å². The summed E-state index contributed by atoms with van der Waals surface area (Å²) in [5.74, 6) is 1.74. The van der Waals surface area contributed by atoms with Gasteiger partial charge in [-0.1, -0.05) is 57.6 Å². The highest BCUT2D eigenvalue weighted by Gasteiger charge is 2.48. The van der Waals surface area contributed by atoms with Crippen molar-refractivity contribution in [3.8, 4) is 5.75 Å². The summed E-state index contributed by atoms with van der Waals surface area (Å²) >= 11 is 6.32. The van der Waals surface area contributed by atoms with Crippen LogP contribution in [0, 0.1) is 12.8 Å². The van der Waals surface area contributed by atoms with Crippen LogP contribution in [0.3, 0.4) is 0 Å². The van der Waals surface area contributed by atoms with Crippen LogP contribution in [-0.2, 0) is 4.79 Å². The van der Waals surface area contributed by atoms with Crippen LogP contribution in [0.25, 0.3) is 0 Å². The topological polar surface area (TPSA) is 67.9 Å². The lowest BCUT2D eigenvalue weighted by Crippen LogP contribution is -2.47. The Morgan fingerprint density at radius 1 is 1.32 bits per heavy atom. The molecule has 1 unspecified atom stereocenters. The fraction of sp³-hybridized carbons (Fsp3) is 0.636. The normalized spacial score (nSPS) is 23.4. The van der Waals surface area contributed by atoms with E-state index in [1.54, 1.807) is 7.05 Å².